The first kappa shape index (κ1) is 22.5. The third kappa shape index (κ3) is 5.04. The van der Waals surface area contributed by atoms with Crippen molar-refractivity contribution in [1.29, 1.82) is 0 Å². The van der Waals surface area contributed by atoms with E-state index in [9.17, 15) is 17.6 Å². The van der Waals surface area contributed by atoms with Gasteiger partial charge in [0.1, 0.15) is 10.7 Å². The standard InChI is InChI=1S/C22H22FN3O4S2/c1-15-24-20(14-31-15)17-4-2-16(3-5-17)12-22(27)25-18-6-7-19(23)21(13-18)32(28,29)26-8-10-30-11-9-26/h2-7,13-14H,8-12H2,1H3,(H,25,27). The number of halogens is 1. The molecule has 1 N–H and O–H groups in total. The third-order valence-electron chi connectivity index (χ3n) is 5.04. The maximum absolute atomic E-state index is 14.3. The predicted molar refractivity (Wildman–Crippen MR) is 121 cm³/mol. The van der Waals surface area contributed by atoms with Gasteiger partial charge in [-0.15, -0.1) is 11.3 Å². The van der Waals surface area contributed by atoms with Crippen molar-refractivity contribution in [2.24, 2.45) is 0 Å². The van der Waals surface area contributed by atoms with Crippen molar-refractivity contribution in [2.45, 2.75) is 18.2 Å². The SMILES string of the molecule is Cc1nc(-c2ccc(CC(=O)Nc3ccc(F)c(S(=O)(=O)N4CCOCC4)c3)cc2)cs1. The number of sulfonamides is 1. The number of benzene rings is 2. The Kier molecular flexibility index (Phi) is 6.66. The van der Waals surface area contributed by atoms with E-state index in [2.05, 4.69) is 10.3 Å². The number of morpholine rings is 1. The number of rotatable bonds is 6. The minimum absolute atomic E-state index is 0.0965. The molecule has 32 heavy (non-hydrogen) atoms. The maximum Gasteiger partial charge on any atom is 0.246 e. The number of carbonyl (C=O) groups is 1. The minimum atomic E-state index is -4.02. The molecule has 0 spiro atoms. The number of nitrogens with zero attached hydrogens (tertiary/aromatic N) is 2. The molecule has 2 heterocycles. The number of ether oxygens (including phenoxy) is 1. The highest BCUT2D eigenvalue weighted by Gasteiger charge is 2.29. The Morgan fingerprint density at radius 3 is 2.56 bits per heavy atom. The van der Waals surface area contributed by atoms with Crippen LogP contribution in [0.4, 0.5) is 10.1 Å². The number of thiazole rings is 1. The molecule has 1 aliphatic rings. The second kappa shape index (κ2) is 9.45. The van der Waals surface area contributed by atoms with E-state index in [1.807, 2.05) is 36.6 Å². The number of aryl methyl sites for hydroxylation is 1. The van der Waals surface area contributed by atoms with Gasteiger partial charge < -0.3 is 10.1 Å². The first-order valence-corrected chi connectivity index (χ1v) is 12.3. The van der Waals surface area contributed by atoms with E-state index in [1.54, 1.807) is 11.3 Å². The number of nitrogens with one attached hydrogen (secondary N) is 1. The maximum atomic E-state index is 14.3. The van der Waals surface area contributed by atoms with Crippen LogP contribution in [0.15, 0.2) is 52.7 Å². The molecule has 1 aromatic heterocycles. The first-order valence-electron chi connectivity index (χ1n) is 10.0. The van der Waals surface area contributed by atoms with Crippen LogP contribution in [-0.4, -0.2) is 49.9 Å². The highest BCUT2D eigenvalue weighted by molar-refractivity contribution is 7.89. The summed E-state index contributed by atoms with van der Waals surface area (Å²) in [6.45, 7) is 2.79. The molecule has 168 valence electrons. The Hall–Kier alpha value is -2.66. The summed E-state index contributed by atoms with van der Waals surface area (Å²) in [6.07, 6.45) is 0.0965. The highest BCUT2D eigenvalue weighted by Crippen LogP contribution is 2.25. The van der Waals surface area contributed by atoms with Crippen molar-refractivity contribution in [3.8, 4) is 11.3 Å². The van der Waals surface area contributed by atoms with Gasteiger partial charge in [-0.25, -0.2) is 17.8 Å². The minimum Gasteiger partial charge on any atom is -0.379 e. The molecule has 0 saturated carbocycles. The molecule has 10 heteroatoms. The smallest absolute Gasteiger partial charge is 0.246 e. The van der Waals surface area contributed by atoms with Crippen LogP contribution >= 0.6 is 11.3 Å². The molecule has 0 bridgehead atoms. The van der Waals surface area contributed by atoms with Crippen molar-refractivity contribution in [3.63, 3.8) is 0 Å². The van der Waals surface area contributed by atoms with Crippen molar-refractivity contribution >= 4 is 33.0 Å². The van der Waals surface area contributed by atoms with Crippen LogP contribution in [0.25, 0.3) is 11.3 Å². The van der Waals surface area contributed by atoms with Gasteiger partial charge in [-0.3, -0.25) is 4.79 Å². The average Bonchev–Trinajstić information content (AvgIpc) is 3.22. The lowest BCUT2D eigenvalue weighted by molar-refractivity contribution is -0.115. The second-order valence-corrected chi connectivity index (χ2v) is 10.3. The highest BCUT2D eigenvalue weighted by atomic mass is 32.2. The lowest BCUT2D eigenvalue weighted by Gasteiger charge is -2.26. The van der Waals surface area contributed by atoms with Gasteiger partial charge >= 0.3 is 0 Å². The molecule has 1 saturated heterocycles. The number of carbonyl (C=O) groups excluding carboxylic acids is 1. The van der Waals surface area contributed by atoms with E-state index in [0.717, 1.165) is 34.0 Å². The zero-order valence-corrected chi connectivity index (χ0v) is 19.0. The zero-order valence-electron chi connectivity index (χ0n) is 17.4. The summed E-state index contributed by atoms with van der Waals surface area (Å²) in [5, 5.41) is 5.62. The zero-order chi connectivity index (χ0) is 22.7. The Morgan fingerprint density at radius 2 is 1.91 bits per heavy atom. The summed E-state index contributed by atoms with van der Waals surface area (Å²) >= 11 is 1.57. The van der Waals surface area contributed by atoms with Crippen LogP contribution in [0.3, 0.4) is 0 Å². The first-order chi connectivity index (χ1) is 15.3. The fraction of sp³-hybridized carbons (Fsp3) is 0.273. The molecule has 2 aromatic carbocycles. The van der Waals surface area contributed by atoms with Gasteiger partial charge in [0.2, 0.25) is 15.9 Å². The van der Waals surface area contributed by atoms with E-state index >= 15 is 0 Å². The summed E-state index contributed by atoms with van der Waals surface area (Å²) in [7, 11) is -4.02. The van der Waals surface area contributed by atoms with Crippen molar-refractivity contribution in [3.05, 3.63) is 64.2 Å². The van der Waals surface area contributed by atoms with Gasteiger partial charge in [0.25, 0.3) is 0 Å². The molecule has 0 radical (unpaired) electrons. The molecule has 7 nitrogen and oxygen atoms in total. The molecule has 1 aliphatic heterocycles. The predicted octanol–water partition coefficient (Wildman–Crippen LogP) is 3.46. The van der Waals surface area contributed by atoms with Crippen LogP contribution in [0, 0.1) is 12.7 Å². The van der Waals surface area contributed by atoms with Gasteiger partial charge in [-0.05, 0) is 30.7 Å². The van der Waals surface area contributed by atoms with Crippen LogP contribution in [0.2, 0.25) is 0 Å². The Morgan fingerprint density at radius 1 is 1.19 bits per heavy atom. The molecule has 1 amide bonds. The van der Waals surface area contributed by atoms with Gasteiger partial charge in [-0.1, -0.05) is 24.3 Å². The van der Waals surface area contributed by atoms with E-state index in [1.165, 1.54) is 10.4 Å². The normalized spacial score (nSPS) is 14.9. The number of anilines is 1. The van der Waals surface area contributed by atoms with E-state index in [0.29, 0.717) is 0 Å². The summed E-state index contributed by atoms with van der Waals surface area (Å²) < 4.78 is 46.3. The summed E-state index contributed by atoms with van der Waals surface area (Å²) in [5.41, 5.74) is 2.87. The quantitative estimate of drug-likeness (QED) is 0.590. The molecular formula is C22H22FN3O4S2. The van der Waals surface area contributed by atoms with Crippen molar-refractivity contribution < 1.29 is 22.3 Å². The average molecular weight is 476 g/mol. The summed E-state index contributed by atoms with van der Waals surface area (Å²) in [4.78, 5) is 16.5. The Labute approximate surface area is 189 Å². The Bertz CT molecular complexity index is 1220. The van der Waals surface area contributed by atoms with E-state index in [-0.39, 0.29) is 44.3 Å². The van der Waals surface area contributed by atoms with E-state index in [4.69, 9.17) is 4.74 Å². The third-order valence-corrected chi connectivity index (χ3v) is 7.72. The summed E-state index contributed by atoms with van der Waals surface area (Å²) in [5.74, 6) is -1.19. The fourth-order valence-electron chi connectivity index (χ4n) is 3.38. The monoisotopic (exact) mass is 475 g/mol. The van der Waals surface area contributed by atoms with Crippen LogP contribution in [0.5, 0.6) is 0 Å². The Balaban J connectivity index is 1.45. The fourth-order valence-corrected chi connectivity index (χ4v) is 5.51. The van der Waals surface area contributed by atoms with E-state index < -0.39 is 20.7 Å². The van der Waals surface area contributed by atoms with Crippen LogP contribution in [-0.2, 0) is 26.0 Å². The van der Waals surface area contributed by atoms with Crippen molar-refractivity contribution in [1.82, 2.24) is 9.29 Å². The number of hydrogen-bond acceptors (Lipinski definition) is 6. The lowest BCUT2D eigenvalue weighted by atomic mass is 10.1. The number of aromatic nitrogens is 1. The molecule has 4 rings (SSSR count). The summed E-state index contributed by atoms with van der Waals surface area (Å²) in [6, 6.07) is 11.1. The largest absolute Gasteiger partial charge is 0.379 e. The van der Waals surface area contributed by atoms with Crippen LogP contribution < -0.4 is 5.32 Å². The van der Waals surface area contributed by atoms with Crippen LogP contribution in [0.1, 0.15) is 10.6 Å². The number of hydrogen-bond donors (Lipinski definition) is 1. The van der Waals surface area contributed by atoms with Gasteiger partial charge in [0, 0.05) is 29.7 Å². The van der Waals surface area contributed by atoms with Gasteiger partial charge in [0.05, 0.1) is 30.3 Å². The van der Waals surface area contributed by atoms with Crippen molar-refractivity contribution in [2.75, 3.05) is 31.6 Å². The lowest BCUT2D eigenvalue weighted by Crippen LogP contribution is -2.40. The molecule has 1 fully saturated rings. The molecule has 0 aliphatic carbocycles. The molecule has 0 atom stereocenters. The molecule has 3 aromatic rings. The topological polar surface area (TPSA) is 88.6 Å². The van der Waals surface area contributed by atoms with Gasteiger partial charge in [-0.2, -0.15) is 4.31 Å². The number of amides is 1. The second-order valence-electron chi connectivity index (χ2n) is 7.34. The molecule has 0 unspecified atom stereocenters. The molecular weight excluding hydrogens is 453 g/mol. The van der Waals surface area contributed by atoms with Gasteiger partial charge in [0.15, 0.2) is 0 Å².